The number of carbonyl (C=O) groups excluding carboxylic acids is 2. The van der Waals surface area contributed by atoms with E-state index in [-0.39, 0.29) is 23.3 Å². The molecule has 2 aliphatic heterocycles. The molecule has 0 saturated carbocycles. The minimum atomic E-state index is -0.583. The summed E-state index contributed by atoms with van der Waals surface area (Å²) in [6.07, 6.45) is -0.583. The van der Waals surface area contributed by atoms with Crippen LogP contribution in [0.2, 0.25) is 5.02 Å². The van der Waals surface area contributed by atoms with Crippen LogP contribution in [0.3, 0.4) is 0 Å². The highest BCUT2D eigenvalue weighted by atomic mass is 35.5. The first-order chi connectivity index (χ1) is 19.5. The van der Waals surface area contributed by atoms with Gasteiger partial charge in [0, 0.05) is 16.3 Å². The van der Waals surface area contributed by atoms with Gasteiger partial charge in [0.05, 0.1) is 11.3 Å². The normalized spacial score (nSPS) is 17.3. The van der Waals surface area contributed by atoms with E-state index in [1.165, 1.54) is 9.42 Å². The number of nitrogens with one attached hydrogen (secondary N) is 1. The van der Waals surface area contributed by atoms with Gasteiger partial charge >= 0.3 is 0 Å². The maximum Gasteiger partial charge on any atom is 0.291 e. The number of rotatable bonds is 4. The fourth-order valence-corrected chi connectivity index (χ4v) is 5.95. The molecule has 1 N–H and O–H groups in total. The van der Waals surface area contributed by atoms with Crippen molar-refractivity contribution in [2.45, 2.75) is 6.10 Å². The third-order valence-corrected chi connectivity index (χ3v) is 7.80. The number of benzene rings is 3. The Morgan fingerprint density at radius 2 is 1.85 bits per heavy atom. The summed E-state index contributed by atoms with van der Waals surface area (Å²) in [4.78, 5) is 46.2. The van der Waals surface area contributed by atoms with Crippen molar-refractivity contribution < 1.29 is 19.1 Å². The Morgan fingerprint density at radius 1 is 1.05 bits per heavy atom. The number of halogens is 1. The SMILES string of the molecule is O=C(CN1C(=O)C(=c2sc3nc(C4COc5ccccc5O4)nn3c2=O)c2ccccc21)Nc1cccc(Cl)c1. The lowest BCUT2D eigenvalue weighted by molar-refractivity contribution is -0.118. The Labute approximate surface area is 235 Å². The van der Waals surface area contributed by atoms with Crippen LogP contribution in [0.5, 0.6) is 11.5 Å². The van der Waals surface area contributed by atoms with Crippen molar-refractivity contribution >= 4 is 56.7 Å². The molecule has 2 aromatic heterocycles. The molecule has 7 rings (SSSR count). The van der Waals surface area contributed by atoms with Crippen molar-refractivity contribution in [1.29, 1.82) is 0 Å². The second-order valence-electron chi connectivity index (χ2n) is 9.11. The standard InChI is InChI=1S/C28H18ClN5O5S/c29-15-6-5-7-16(12-15)30-22(35)13-33-18-9-2-1-8-17(18)23(26(33)36)24-27(37)34-28(40-24)31-25(32-34)21-14-38-19-10-3-4-11-20(19)39-21/h1-12,21H,13-14H2,(H,30,35). The maximum atomic E-state index is 13.7. The van der Waals surface area contributed by atoms with Crippen molar-refractivity contribution in [1.82, 2.24) is 14.6 Å². The molecule has 12 heteroatoms. The Morgan fingerprint density at radius 3 is 2.67 bits per heavy atom. The third-order valence-electron chi connectivity index (χ3n) is 6.53. The molecule has 4 heterocycles. The van der Waals surface area contributed by atoms with Gasteiger partial charge in [-0.25, -0.2) is 0 Å². The van der Waals surface area contributed by atoms with Gasteiger partial charge < -0.3 is 14.8 Å². The zero-order valence-corrected chi connectivity index (χ0v) is 22.1. The number of nitrogens with zero attached hydrogens (tertiary/aromatic N) is 4. The lowest BCUT2D eigenvalue weighted by Crippen LogP contribution is -2.37. The molecule has 5 aromatic rings. The number of carbonyl (C=O) groups is 2. The quantitative estimate of drug-likeness (QED) is 0.352. The Hall–Kier alpha value is -4.74. The van der Waals surface area contributed by atoms with Crippen LogP contribution in [0.4, 0.5) is 11.4 Å². The van der Waals surface area contributed by atoms with Crippen molar-refractivity contribution in [3.63, 3.8) is 0 Å². The summed E-state index contributed by atoms with van der Waals surface area (Å²) >= 11 is 7.08. The largest absolute Gasteiger partial charge is 0.485 e. The summed E-state index contributed by atoms with van der Waals surface area (Å²) in [5, 5.41) is 7.62. The number of thiazole rings is 1. The van der Waals surface area contributed by atoms with Crippen molar-refractivity contribution in [2.75, 3.05) is 23.4 Å². The van der Waals surface area contributed by atoms with Crippen molar-refractivity contribution in [2.24, 2.45) is 0 Å². The maximum absolute atomic E-state index is 13.7. The van der Waals surface area contributed by atoms with Crippen LogP contribution in [0, 0.1) is 0 Å². The van der Waals surface area contributed by atoms with Gasteiger partial charge in [-0.3, -0.25) is 19.3 Å². The molecular formula is C28H18ClN5O5S. The topological polar surface area (TPSA) is 115 Å². The first kappa shape index (κ1) is 24.3. The molecule has 1 atom stereocenters. The molecule has 2 amide bonds. The molecule has 0 bridgehead atoms. The predicted molar refractivity (Wildman–Crippen MR) is 149 cm³/mol. The van der Waals surface area contributed by atoms with E-state index in [4.69, 9.17) is 21.1 Å². The number of aromatic nitrogens is 3. The number of fused-ring (bicyclic) bond motifs is 3. The molecule has 0 spiro atoms. The van der Waals surface area contributed by atoms with Crippen LogP contribution < -0.4 is 29.8 Å². The van der Waals surface area contributed by atoms with Gasteiger partial charge in [-0.1, -0.05) is 59.3 Å². The van der Waals surface area contributed by atoms with Crippen LogP contribution >= 0.6 is 22.9 Å². The summed E-state index contributed by atoms with van der Waals surface area (Å²) in [5.74, 6) is 0.657. The minimum absolute atomic E-state index is 0.197. The predicted octanol–water partition coefficient (Wildman–Crippen LogP) is 3.22. The molecule has 1 unspecified atom stereocenters. The number of hydrogen-bond donors (Lipinski definition) is 1. The van der Waals surface area contributed by atoms with Crippen LogP contribution in [-0.2, 0) is 9.59 Å². The van der Waals surface area contributed by atoms with Gasteiger partial charge in [0.15, 0.2) is 23.4 Å². The summed E-state index contributed by atoms with van der Waals surface area (Å²) in [5.41, 5.74) is 1.35. The van der Waals surface area contributed by atoms with E-state index < -0.39 is 23.5 Å². The number of hydrogen-bond acceptors (Lipinski definition) is 8. The average molecular weight is 572 g/mol. The minimum Gasteiger partial charge on any atom is -0.485 e. The molecule has 0 saturated heterocycles. The van der Waals surface area contributed by atoms with Crippen molar-refractivity contribution in [3.05, 3.63) is 104 Å². The number of amides is 2. The smallest absolute Gasteiger partial charge is 0.291 e. The first-order valence-corrected chi connectivity index (χ1v) is 13.4. The van der Waals surface area contributed by atoms with Gasteiger partial charge in [0.1, 0.15) is 17.7 Å². The van der Waals surface area contributed by atoms with E-state index in [9.17, 15) is 14.4 Å². The second kappa shape index (κ2) is 9.47. The molecule has 10 nitrogen and oxygen atoms in total. The molecule has 40 heavy (non-hydrogen) atoms. The van der Waals surface area contributed by atoms with Crippen LogP contribution in [0.15, 0.2) is 77.6 Å². The Bertz CT molecular complexity index is 1950. The summed E-state index contributed by atoms with van der Waals surface area (Å²) in [6.45, 7) is -0.0448. The highest BCUT2D eigenvalue weighted by Crippen LogP contribution is 2.36. The van der Waals surface area contributed by atoms with Crippen LogP contribution in [-0.4, -0.2) is 39.6 Å². The Balaban J connectivity index is 1.22. The van der Waals surface area contributed by atoms with E-state index in [0.29, 0.717) is 44.2 Å². The number of para-hydroxylation sites is 3. The summed E-state index contributed by atoms with van der Waals surface area (Å²) in [6, 6.07) is 21.1. The monoisotopic (exact) mass is 571 g/mol. The molecule has 0 radical (unpaired) electrons. The van der Waals surface area contributed by atoms with Gasteiger partial charge in [-0.05, 0) is 36.4 Å². The molecule has 0 aliphatic carbocycles. The van der Waals surface area contributed by atoms with E-state index in [1.807, 2.05) is 18.2 Å². The van der Waals surface area contributed by atoms with Gasteiger partial charge in [-0.15, -0.1) is 5.10 Å². The average Bonchev–Trinajstić information content (AvgIpc) is 3.59. The fourth-order valence-electron chi connectivity index (χ4n) is 4.75. The Kier molecular flexibility index (Phi) is 5.76. The molecule has 2 aliphatic rings. The summed E-state index contributed by atoms with van der Waals surface area (Å²) < 4.78 is 13.1. The first-order valence-electron chi connectivity index (χ1n) is 12.3. The second-order valence-corrected chi connectivity index (χ2v) is 10.5. The summed E-state index contributed by atoms with van der Waals surface area (Å²) in [7, 11) is 0. The van der Waals surface area contributed by atoms with Crippen molar-refractivity contribution in [3.8, 4) is 11.5 Å². The van der Waals surface area contributed by atoms with Gasteiger partial charge in [-0.2, -0.15) is 9.50 Å². The zero-order chi connectivity index (χ0) is 27.4. The highest BCUT2D eigenvalue weighted by molar-refractivity contribution is 7.15. The number of anilines is 2. The van der Waals surface area contributed by atoms with Gasteiger partial charge in [0.2, 0.25) is 10.9 Å². The molecule has 0 fully saturated rings. The van der Waals surface area contributed by atoms with E-state index in [1.54, 1.807) is 54.6 Å². The lowest BCUT2D eigenvalue weighted by Gasteiger charge is -2.24. The third kappa shape index (κ3) is 4.07. The zero-order valence-electron chi connectivity index (χ0n) is 20.5. The molecule has 198 valence electrons. The fraction of sp³-hybridized carbons (Fsp3) is 0.107. The van der Waals surface area contributed by atoms with E-state index >= 15 is 0 Å². The van der Waals surface area contributed by atoms with Crippen LogP contribution in [0.1, 0.15) is 17.5 Å². The number of ether oxygens (including phenoxy) is 2. The molecule has 3 aromatic carbocycles. The van der Waals surface area contributed by atoms with E-state index in [0.717, 1.165) is 11.3 Å². The highest BCUT2D eigenvalue weighted by Gasteiger charge is 2.36. The molecular weight excluding hydrogens is 554 g/mol. The van der Waals surface area contributed by atoms with Gasteiger partial charge in [0.25, 0.3) is 11.5 Å². The van der Waals surface area contributed by atoms with E-state index in [2.05, 4.69) is 15.4 Å². The lowest BCUT2D eigenvalue weighted by atomic mass is 10.1. The van der Waals surface area contributed by atoms with Crippen LogP contribution in [0.25, 0.3) is 10.5 Å².